The number of aldehydes is 1. The van der Waals surface area contributed by atoms with Gasteiger partial charge in [0.2, 0.25) is 0 Å². The van der Waals surface area contributed by atoms with Gasteiger partial charge in [-0.25, -0.2) is 0 Å². The Balaban J connectivity index is 2.84. The summed E-state index contributed by atoms with van der Waals surface area (Å²) < 4.78 is 2.05. The number of aromatic nitrogens is 1. The highest BCUT2D eigenvalue weighted by Crippen LogP contribution is 2.28. The third-order valence-electron chi connectivity index (χ3n) is 3.40. The van der Waals surface area contributed by atoms with Crippen LogP contribution in [0.5, 0.6) is 0 Å². The fourth-order valence-electron chi connectivity index (χ4n) is 2.37. The minimum absolute atomic E-state index is 0.513. The maximum absolute atomic E-state index is 11.1. The van der Waals surface area contributed by atoms with Gasteiger partial charge in [-0.05, 0) is 29.5 Å². The number of nitrogens with zero attached hydrogens (tertiary/aromatic N) is 1. The SMILES string of the molecule is CCc1cc(C(C)C)cc2c1c(C=O)cn2C. The van der Waals surface area contributed by atoms with Crippen LogP contribution in [0.2, 0.25) is 0 Å². The smallest absolute Gasteiger partial charge is 0.152 e. The van der Waals surface area contributed by atoms with Gasteiger partial charge in [-0.3, -0.25) is 4.79 Å². The van der Waals surface area contributed by atoms with E-state index in [-0.39, 0.29) is 0 Å². The molecule has 0 unspecified atom stereocenters. The van der Waals surface area contributed by atoms with Crippen LogP contribution in [-0.2, 0) is 13.5 Å². The number of carbonyl (C=O) groups excluding carboxylic acids is 1. The average molecular weight is 229 g/mol. The molecule has 1 aromatic heterocycles. The Bertz CT molecular complexity index is 564. The number of hydrogen-bond donors (Lipinski definition) is 0. The van der Waals surface area contributed by atoms with Crippen LogP contribution in [0.3, 0.4) is 0 Å². The molecular formula is C15H19NO. The van der Waals surface area contributed by atoms with Crippen molar-refractivity contribution >= 4 is 17.2 Å². The van der Waals surface area contributed by atoms with Crippen LogP contribution in [0.4, 0.5) is 0 Å². The van der Waals surface area contributed by atoms with E-state index in [0.29, 0.717) is 5.92 Å². The van der Waals surface area contributed by atoms with Crippen LogP contribution in [0.15, 0.2) is 18.3 Å². The van der Waals surface area contributed by atoms with Crippen molar-refractivity contribution in [2.24, 2.45) is 7.05 Å². The molecule has 2 aromatic rings. The molecule has 1 heterocycles. The lowest BCUT2D eigenvalue weighted by Crippen LogP contribution is -1.94. The summed E-state index contributed by atoms with van der Waals surface area (Å²) in [5.74, 6) is 0.513. The maximum atomic E-state index is 11.1. The standard InChI is InChI=1S/C15H19NO/c1-5-11-6-12(10(2)3)7-14-15(11)13(9-17)8-16(14)4/h6-10H,5H2,1-4H3. The summed E-state index contributed by atoms with van der Waals surface area (Å²) in [5, 5.41) is 1.12. The summed E-state index contributed by atoms with van der Waals surface area (Å²) >= 11 is 0. The highest BCUT2D eigenvalue weighted by atomic mass is 16.1. The van der Waals surface area contributed by atoms with E-state index < -0.39 is 0 Å². The summed E-state index contributed by atoms with van der Waals surface area (Å²) in [6.45, 7) is 6.54. The molecule has 90 valence electrons. The van der Waals surface area contributed by atoms with Crippen molar-refractivity contribution in [2.75, 3.05) is 0 Å². The Labute approximate surface area is 102 Å². The van der Waals surface area contributed by atoms with Gasteiger partial charge in [0, 0.05) is 29.7 Å². The fraction of sp³-hybridized carbons (Fsp3) is 0.400. The lowest BCUT2D eigenvalue weighted by Gasteiger charge is -2.10. The second kappa shape index (κ2) is 4.36. The van der Waals surface area contributed by atoms with Gasteiger partial charge in [0.15, 0.2) is 6.29 Å². The number of hydrogen-bond acceptors (Lipinski definition) is 1. The third kappa shape index (κ3) is 1.88. The predicted molar refractivity (Wildman–Crippen MR) is 71.8 cm³/mol. The molecule has 0 atom stereocenters. The van der Waals surface area contributed by atoms with E-state index in [1.165, 1.54) is 11.1 Å². The van der Waals surface area contributed by atoms with E-state index in [4.69, 9.17) is 0 Å². The molecule has 0 saturated heterocycles. The Hall–Kier alpha value is -1.57. The molecule has 0 spiro atoms. The molecule has 0 radical (unpaired) electrons. The van der Waals surface area contributed by atoms with Gasteiger partial charge in [0.1, 0.15) is 0 Å². The van der Waals surface area contributed by atoms with Crippen molar-refractivity contribution in [3.63, 3.8) is 0 Å². The van der Waals surface area contributed by atoms with Gasteiger partial charge in [0.25, 0.3) is 0 Å². The molecule has 0 aliphatic heterocycles. The average Bonchev–Trinajstić information content (AvgIpc) is 2.65. The molecule has 0 aliphatic rings. The molecule has 0 N–H and O–H groups in total. The summed E-state index contributed by atoms with van der Waals surface area (Å²) in [6, 6.07) is 4.44. The molecule has 0 aliphatic carbocycles. The minimum Gasteiger partial charge on any atom is -0.350 e. The highest BCUT2D eigenvalue weighted by Gasteiger charge is 2.12. The first-order valence-electron chi connectivity index (χ1n) is 6.15. The fourth-order valence-corrected chi connectivity index (χ4v) is 2.37. The first kappa shape index (κ1) is 11.9. The topological polar surface area (TPSA) is 22.0 Å². The van der Waals surface area contributed by atoms with Crippen LogP contribution in [-0.4, -0.2) is 10.9 Å². The van der Waals surface area contributed by atoms with E-state index in [1.807, 2.05) is 17.8 Å². The normalized spacial score (nSPS) is 11.4. The van der Waals surface area contributed by atoms with E-state index in [0.717, 1.165) is 29.2 Å². The first-order valence-corrected chi connectivity index (χ1v) is 6.15. The largest absolute Gasteiger partial charge is 0.350 e. The minimum atomic E-state index is 0.513. The second-order valence-corrected chi connectivity index (χ2v) is 4.90. The van der Waals surface area contributed by atoms with Gasteiger partial charge in [-0.15, -0.1) is 0 Å². The van der Waals surface area contributed by atoms with Gasteiger partial charge in [-0.2, -0.15) is 0 Å². The Kier molecular flexibility index (Phi) is 3.05. The zero-order valence-electron chi connectivity index (χ0n) is 10.9. The van der Waals surface area contributed by atoms with Crippen LogP contribution in [0.25, 0.3) is 10.9 Å². The van der Waals surface area contributed by atoms with Gasteiger partial charge in [0.05, 0.1) is 0 Å². The van der Waals surface area contributed by atoms with Crippen molar-refractivity contribution in [2.45, 2.75) is 33.1 Å². The molecule has 2 rings (SSSR count). The molecule has 0 saturated carbocycles. The summed E-state index contributed by atoms with van der Waals surface area (Å²) in [7, 11) is 2.00. The molecule has 2 heteroatoms. The van der Waals surface area contributed by atoms with E-state index in [1.54, 1.807) is 0 Å². The van der Waals surface area contributed by atoms with E-state index in [9.17, 15) is 4.79 Å². The van der Waals surface area contributed by atoms with Crippen molar-refractivity contribution in [1.29, 1.82) is 0 Å². The van der Waals surface area contributed by atoms with Crippen LogP contribution in [0, 0.1) is 0 Å². The van der Waals surface area contributed by atoms with E-state index in [2.05, 4.69) is 32.9 Å². The van der Waals surface area contributed by atoms with Crippen LogP contribution >= 0.6 is 0 Å². The molecule has 0 fully saturated rings. The first-order chi connectivity index (χ1) is 8.08. The Morgan fingerprint density at radius 2 is 2.06 bits per heavy atom. The molecule has 17 heavy (non-hydrogen) atoms. The summed E-state index contributed by atoms with van der Waals surface area (Å²) in [5.41, 5.74) is 4.58. The predicted octanol–water partition coefficient (Wildman–Crippen LogP) is 3.68. The lowest BCUT2D eigenvalue weighted by molar-refractivity contribution is 0.112. The zero-order valence-corrected chi connectivity index (χ0v) is 10.9. The van der Waals surface area contributed by atoms with Crippen molar-refractivity contribution in [1.82, 2.24) is 4.57 Å². The summed E-state index contributed by atoms with van der Waals surface area (Å²) in [4.78, 5) is 11.1. The van der Waals surface area contributed by atoms with Crippen LogP contribution in [0.1, 0.15) is 48.2 Å². The summed E-state index contributed by atoms with van der Waals surface area (Å²) in [6.07, 6.45) is 3.83. The maximum Gasteiger partial charge on any atom is 0.152 e. The molecular weight excluding hydrogens is 210 g/mol. The Morgan fingerprint density at radius 3 is 2.59 bits per heavy atom. The van der Waals surface area contributed by atoms with Crippen molar-refractivity contribution in [3.8, 4) is 0 Å². The van der Waals surface area contributed by atoms with Gasteiger partial charge < -0.3 is 4.57 Å². The van der Waals surface area contributed by atoms with Gasteiger partial charge >= 0.3 is 0 Å². The number of rotatable bonds is 3. The Morgan fingerprint density at radius 1 is 1.35 bits per heavy atom. The molecule has 1 aromatic carbocycles. The molecule has 0 amide bonds. The monoisotopic (exact) mass is 229 g/mol. The van der Waals surface area contributed by atoms with Crippen molar-refractivity contribution in [3.05, 3.63) is 35.0 Å². The lowest BCUT2D eigenvalue weighted by atomic mass is 9.96. The zero-order chi connectivity index (χ0) is 12.6. The van der Waals surface area contributed by atoms with E-state index >= 15 is 0 Å². The molecule has 2 nitrogen and oxygen atoms in total. The quantitative estimate of drug-likeness (QED) is 0.736. The third-order valence-corrected chi connectivity index (χ3v) is 3.40. The number of benzene rings is 1. The number of aryl methyl sites for hydroxylation is 2. The number of fused-ring (bicyclic) bond motifs is 1. The van der Waals surface area contributed by atoms with Crippen LogP contribution < -0.4 is 0 Å². The molecule has 0 bridgehead atoms. The van der Waals surface area contributed by atoms with Crippen molar-refractivity contribution < 1.29 is 4.79 Å². The number of carbonyl (C=O) groups is 1. The second-order valence-electron chi connectivity index (χ2n) is 4.90. The highest BCUT2D eigenvalue weighted by molar-refractivity contribution is 6.00. The van der Waals surface area contributed by atoms with Gasteiger partial charge in [-0.1, -0.05) is 26.8 Å².